The van der Waals surface area contributed by atoms with Crippen LogP contribution in [0.1, 0.15) is 43.1 Å². The summed E-state index contributed by atoms with van der Waals surface area (Å²) < 4.78 is 2.27. The molecule has 0 saturated heterocycles. The molecule has 1 heterocycles. The third kappa shape index (κ3) is 4.02. The lowest BCUT2D eigenvalue weighted by molar-refractivity contribution is 0.569. The number of nitrogens with two attached hydrogens (primary N) is 1. The molecule has 1 aromatic carbocycles. The van der Waals surface area contributed by atoms with Crippen LogP contribution < -0.4 is 5.73 Å². The summed E-state index contributed by atoms with van der Waals surface area (Å²) in [5.41, 5.74) is 8.78. The van der Waals surface area contributed by atoms with Crippen molar-refractivity contribution >= 4 is 49.9 Å². The minimum Gasteiger partial charge on any atom is -0.324 e. The van der Waals surface area contributed by atoms with Crippen LogP contribution in [-0.4, -0.2) is 4.98 Å². The monoisotopic (exact) mass is 464 g/mol. The van der Waals surface area contributed by atoms with Crippen molar-refractivity contribution < 1.29 is 0 Å². The van der Waals surface area contributed by atoms with Crippen LogP contribution >= 0.6 is 49.9 Å². The van der Waals surface area contributed by atoms with Gasteiger partial charge >= 0.3 is 0 Å². The Bertz CT molecular complexity index is 604. The van der Waals surface area contributed by atoms with E-state index < -0.39 is 0 Å². The second-order valence-electron chi connectivity index (χ2n) is 5.85. The molecule has 0 fully saturated rings. The van der Waals surface area contributed by atoms with Crippen LogP contribution in [0.15, 0.2) is 28.1 Å². The van der Waals surface area contributed by atoms with Crippen molar-refractivity contribution in [3.05, 3.63) is 47.9 Å². The minimum atomic E-state index is -0.0154. The van der Waals surface area contributed by atoms with Crippen LogP contribution in [0, 0.1) is 3.57 Å². The van der Waals surface area contributed by atoms with Gasteiger partial charge in [0.15, 0.2) is 0 Å². The number of nitrogens with zero attached hydrogens (tertiary/aromatic N) is 1. The zero-order valence-electron chi connectivity index (χ0n) is 11.8. The first-order chi connectivity index (χ1) is 9.27. The molecule has 2 N–H and O–H groups in total. The second kappa shape index (κ2) is 6.42. The number of thiazole rings is 1. The first-order valence-electron chi connectivity index (χ1n) is 6.43. The Labute approximate surface area is 146 Å². The number of benzene rings is 1. The molecule has 0 saturated carbocycles. The van der Waals surface area contributed by atoms with Crippen LogP contribution in [0.25, 0.3) is 0 Å². The van der Waals surface area contributed by atoms with E-state index in [1.54, 1.807) is 11.3 Å². The van der Waals surface area contributed by atoms with E-state index in [-0.39, 0.29) is 11.5 Å². The fourth-order valence-corrected chi connectivity index (χ4v) is 4.04. The fraction of sp³-hybridized carbons (Fsp3) is 0.400. The van der Waals surface area contributed by atoms with Crippen LogP contribution in [0.2, 0.25) is 0 Å². The summed E-state index contributed by atoms with van der Waals surface area (Å²) in [6.07, 6.45) is 0.785. The Kier molecular flexibility index (Phi) is 5.26. The lowest BCUT2D eigenvalue weighted by Gasteiger charge is -2.15. The molecule has 20 heavy (non-hydrogen) atoms. The minimum absolute atomic E-state index is 0.0154. The zero-order valence-corrected chi connectivity index (χ0v) is 16.3. The molecule has 2 aromatic rings. The Morgan fingerprint density at radius 3 is 2.70 bits per heavy atom. The molecule has 1 aromatic heterocycles. The Morgan fingerprint density at radius 2 is 2.10 bits per heavy atom. The predicted molar refractivity (Wildman–Crippen MR) is 98.3 cm³/mol. The number of halogens is 2. The van der Waals surface area contributed by atoms with Gasteiger partial charge in [-0.05, 0) is 46.4 Å². The van der Waals surface area contributed by atoms with Gasteiger partial charge in [0.05, 0.1) is 10.7 Å². The van der Waals surface area contributed by atoms with E-state index in [0.29, 0.717) is 0 Å². The number of aromatic nitrogens is 1. The van der Waals surface area contributed by atoms with Gasteiger partial charge in [-0.25, -0.2) is 4.98 Å². The van der Waals surface area contributed by atoms with Crippen molar-refractivity contribution in [1.29, 1.82) is 0 Å². The molecule has 0 amide bonds. The van der Waals surface area contributed by atoms with Gasteiger partial charge in [0, 0.05) is 31.3 Å². The SMILES string of the molecule is CC(C)(C)c1csc(CC(N)c2cc(Br)ccc2I)n1. The molecule has 1 atom stereocenters. The highest BCUT2D eigenvalue weighted by atomic mass is 127. The highest BCUT2D eigenvalue weighted by Gasteiger charge is 2.19. The van der Waals surface area contributed by atoms with Crippen LogP contribution in [0.5, 0.6) is 0 Å². The van der Waals surface area contributed by atoms with E-state index in [1.165, 1.54) is 9.13 Å². The standard InChI is InChI=1S/C15H18BrIN2S/c1-15(2,3)13-8-20-14(19-13)7-12(18)10-6-9(16)4-5-11(10)17/h4-6,8,12H,7,18H2,1-3H3. The zero-order chi connectivity index (χ0) is 14.9. The van der Waals surface area contributed by atoms with Gasteiger partial charge in [-0.15, -0.1) is 11.3 Å². The maximum Gasteiger partial charge on any atom is 0.0947 e. The lowest BCUT2D eigenvalue weighted by Crippen LogP contribution is -2.16. The van der Waals surface area contributed by atoms with E-state index in [2.05, 4.69) is 76.8 Å². The average molecular weight is 465 g/mol. The Morgan fingerprint density at radius 1 is 1.40 bits per heavy atom. The highest BCUT2D eigenvalue weighted by Crippen LogP contribution is 2.28. The van der Waals surface area contributed by atoms with Crippen molar-refractivity contribution in [3.8, 4) is 0 Å². The van der Waals surface area contributed by atoms with Gasteiger partial charge in [0.2, 0.25) is 0 Å². The van der Waals surface area contributed by atoms with Crippen LogP contribution in [-0.2, 0) is 11.8 Å². The van der Waals surface area contributed by atoms with E-state index in [1.807, 2.05) is 6.07 Å². The van der Waals surface area contributed by atoms with E-state index >= 15 is 0 Å². The topological polar surface area (TPSA) is 38.9 Å². The van der Waals surface area contributed by atoms with E-state index in [0.717, 1.165) is 21.6 Å². The molecule has 108 valence electrons. The molecule has 0 aliphatic heterocycles. The normalized spacial score (nSPS) is 13.5. The van der Waals surface area contributed by atoms with Crippen LogP contribution in [0.3, 0.4) is 0 Å². The van der Waals surface area contributed by atoms with Crippen molar-refractivity contribution in [2.75, 3.05) is 0 Å². The number of rotatable bonds is 3. The smallest absolute Gasteiger partial charge is 0.0947 e. The quantitative estimate of drug-likeness (QED) is 0.645. The van der Waals surface area contributed by atoms with Gasteiger partial charge in [0.25, 0.3) is 0 Å². The molecular formula is C15H18BrIN2S. The molecule has 0 spiro atoms. The van der Waals surface area contributed by atoms with Crippen molar-refractivity contribution in [1.82, 2.24) is 4.98 Å². The van der Waals surface area contributed by atoms with Gasteiger partial charge < -0.3 is 5.73 Å². The van der Waals surface area contributed by atoms with Crippen molar-refractivity contribution in [2.24, 2.45) is 5.73 Å². The van der Waals surface area contributed by atoms with Gasteiger partial charge in [-0.3, -0.25) is 0 Å². The summed E-state index contributed by atoms with van der Waals surface area (Å²) in [6, 6.07) is 6.21. The number of hydrogen-bond donors (Lipinski definition) is 1. The molecule has 0 bridgehead atoms. The molecule has 0 radical (unpaired) electrons. The van der Waals surface area contributed by atoms with Crippen LogP contribution in [0.4, 0.5) is 0 Å². The van der Waals surface area contributed by atoms with Gasteiger partial charge in [0.1, 0.15) is 0 Å². The molecule has 1 unspecified atom stereocenters. The summed E-state index contributed by atoms with van der Waals surface area (Å²) in [7, 11) is 0. The third-order valence-electron chi connectivity index (χ3n) is 3.07. The van der Waals surface area contributed by atoms with Gasteiger partial charge in [-0.2, -0.15) is 0 Å². The van der Waals surface area contributed by atoms with E-state index in [9.17, 15) is 0 Å². The van der Waals surface area contributed by atoms with Crippen molar-refractivity contribution in [2.45, 2.75) is 38.6 Å². The largest absolute Gasteiger partial charge is 0.324 e. The summed E-state index contributed by atoms with van der Waals surface area (Å²) in [5, 5.41) is 3.26. The summed E-state index contributed by atoms with van der Waals surface area (Å²) >= 11 is 7.55. The van der Waals surface area contributed by atoms with E-state index in [4.69, 9.17) is 10.7 Å². The molecule has 0 aliphatic carbocycles. The molecule has 2 nitrogen and oxygen atoms in total. The summed E-state index contributed by atoms with van der Waals surface area (Å²) in [5.74, 6) is 0. The third-order valence-corrected chi connectivity index (χ3v) is 5.42. The molecular weight excluding hydrogens is 447 g/mol. The summed E-state index contributed by atoms with van der Waals surface area (Å²) in [4.78, 5) is 4.72. The average Bonchev–Trinajstić information content (AvgIpc) is 2.80. The number of hydrogen-bond acceptors (Lipinski definition) is 3. The maximum atomic E-state index is 6.36. The highest BCUT2D eigenvalue weighted by molar-refractivity contribution is 14.1. The Hall–Kier alpha value is 0.0200. The first kappa shape index (κ1) is 16.4. The Balaban J connectivity index is 2.17. The maximum absolute atomic E-state index is 6.36. The molecule has 2 rings (SSSR count). The first-order valence-corrected chi connectivity index (χ1v) is 9.18. The lowest BCUT2D eigenvalue weighted by atomic mass is 9.93. The molecule has 5 heteroatoms. The summed E-state index contributed by atoms with van der Waals surface area (Å²) in [6.45, 7) is 6.55. The fourth-order valence-electron chi connectivity index (χ4n) is 1.85. The predicted octanol–water partition coefficient (Wildman–Crippen LogP) is 5.05. The van der Waals surface area contributed by atoms with Gasteiger partial charge in [-0.1, -0.05) is 36.7 Å². The molecule has 0 aliphatic rings. The van der Waals surface area contributed by atoms with Crippen molar-refractivity contribution in [3.63, 3.8) is 0 Å². The second-order valence-corrected chi connectivity index (χ2v) is 8.87.